The number of aromatic nitrogens is 2. The summed E-state index contributed by atoms with van der Waals surface area (Å²) < 4.78 is 7.54. The van der Waals surface area contributed by atoms with E-state index in [-0.39, 0.29) is 11.5 Å². The Morgan fingerprint density at radius 1 is 1.15 bits per heavy atom. The van der Waals surface area contributed by atoms with Crippen LogP contribution in [-0.4, -0.2) is 28.8 Å². The Balaban J connectivity index is 0.000000171. The number of halogens is 2. The van der Waals surface area contributed by atoms with Crippen LogP contribution in [0.3, 0.4) is 0 Å². The fourth-order valence-electron chi connectivity index (χ4n) is 3.00. The minimum Gasteiger partial charge on any atom is -0.462 e. The van der Waals surface area contributed by atoms with Crippen molar-refractivity contribution in [2.24, 2.45) is 0 Å². The zero-order valence-corrected chi connectivity index (χ0v) is 21.3. The molecule has 0 aliphatic rings. The lowest BCUT2D eigenvalue weighted by molar-refractivity contribution is 0.0533. The molecule has 0 aliphatic carbocycles. The quantitative estimate of drug-likeness (QED) is 0.170. The molecule has 0 fully saturated rings. The highest BCUT2D eigenvalue weighted by Gasteiger charge is 2.17. The van der Waals surface area contributed by atoms with Crippen molar-refractivity contribution in [2.75, 3.05) is 12.3 Å². The van der Waals surface area contributed by atoms with Crippen LogP contribution in [0.1, 0.15) is 23.5 Å². The zero-order chi connectivity index (χ0) is 24.8. The molecule has 0 amide bonds. The Morgan fingerprint density at radius 2 is 1.74 bits per heavy atom. The SMILES string of the molecule is CC=N.CCOC(=O)c1sc2ccc(Cl)cc2c1N.O=c1[nH]cnc2c1sc1ccc(Cl)cc12. The molecular formula is C23H20Cl2N4O3S2. The number of benzene rings is 2. The second kappa shape index (κ2) is 11.4. The second-order valence-electron chi connectivity index (χ2n) is 6.65. The smallest absolute Gasteiger partial charge is 0.350 e. The van der Waals surface area contributed by atoms with E-state index in [2.05, 4.69) is 9.97 Å². The summed E-state index contributed by atoms with van der Waals surface area (Å²) in [5, 5.41) is 9.09. The van der Waals surface area contributed by atoms with Gasteiger partial charge in [0.05, 0.1) is 24.1 Å². The molecule has 7 nitrogen and oxygen atoms in total. The van der Waals surface area contributed by atoms with E-state index in [1.807, 2.05) is 24.3 Å². The Bertz CT molecular complexity index is 1540. The van der Waals surface area contributed by atoms with Crippen molar-refractivity contribution < 1.29 is 9.53 Å². The first-order valence-electron chi connectivity index (χ1n) is 9.95. The van der Waals surface area contributed by atoms with Crippen molar-refractivity contribution in [2.45, 2.75) is 13.8 Å². The Morgan fingerprint density at radius 3 is 2.35 bits per heavy atom. The van der Waals surface area contributed by atoms with E-state index in [0.717, 1.165) is 25.7 Å². The van der Waals surface area contributed by atoms with E-state index in [1.54, 1.807) is 26.0 Å². The summed E-state index contributed by atoms with van der Waals surface area (Å²) >= 11 is 14.5. The number of hydrogen-bond acceptors (Lipinski definition) is 8. The first kappa shape index (κ1) is 25.6. The van der Waals surface area contributed by atoms with E-state index in [1.165, 1.54) is 35.2 Å². The van der Waals surface area contributed by atoms with Gasteiger partial charge < -0.3 is 20.9 Å². The molecule has 0 aliphatic heterocycles. The van der Waals surface area contributed by atoms with Crippen molar-refractivity contribution in [3.8, 4) is 0 Å². The lowest BCUT2D eigenvalue weighted by Crippen LogP contribution is -2.04. The van der Waals surface area contributed by atoms with Crippen molar-refractivity contribution in [3.05, 3.63) is 68.0 Å². The van der Waals surface area contributed by atoms with Crippen LogP contribution in [0.25, 0.3) is 30.4 Å². The number of fused-ring (bicyclic) bond motifs is 4. The summed E-state index contributed by atoms with van der Waals surface area (Å²) in [7, 11) is 0. The van der Waals surface area contributed by atoms with Crippen molar-refractivity contribution >= 4 is 94.1 Å². The lowest BCUT2D eigenvalue weighted by Gasteiger charge is -1.99. The van der Waals surface area contributed by atoms with Crippen LogP contribution in [0.5, 0.6) is 0 Å². The average molecular weight is 535 g/mol. The van der Waals surface area contributed by atoms with Crippen molar-refractivity contribution in [1.29, 1.82) is 5.41 Å². The van der Waals surface area contributed by atoms with Gasteiger partial charge in [0.25, 0.3) is 5.56 Å². The van der Waals surface area contributed by atoms with E-state index < -0.39 is 0 Å². The Hall–Kier alpha value is -2.98. The molecule has 3 aromatic heterocycles. The molecule has 34 heavy (non-hydrogen) atoms. The molecule has 3 heterocycles. The molecule has 11 heteroatoms. The Kier molecular flexibility index (Phi) is 8.62. The predicted molar refractivity (Wildman–Crippen MR) is 144 cm³/mol. The van der Waals surface area contributed by atoms with Gasteiger partial charge in [-0.25, -0.2) is 9.78 Å². The maximum Gasteiger partial charge on any atom is 0.350 e. The van der Waals surface area contributed by atoms with Crippen LogP contribution in [0.15, 0.2) is 47.5 Å². The predicted octanol–water partition coefficient (Wildman–Crippen LogP) is 6.76. The highest BCUT2D eigenvalue weighted by atomic mass is 35.5. The minimum atomic E-state index is -0.377. The van der Waals surface area contributed by atoms with Gasteiger partial charge in [0.15, 0.2) is 0 Å². The normalized spacial score (nSPS) is 10.4. The van der Waals surface area contributed by atoms with E-state index in [0.29, 0.717) is 31.9 Å². The third-order valence-electron chi connectivity index (χ3n) is 4.37. The third kappa shape index (κ3) is 5.56. The number of hydrogen-bond donors (Lipinski definition) is 3. The monoisotopic (exact) mass is 534 g/mol. The summed E-state index contributed by atoms with van der Waals surface area (Å²) in [5.41, 5.74) is 6.96. The fourth-order valence-corrected chi connectivity index (χ4v) is 5.37. The van der Waals surface area contributed by atoms with Crippen LogP contribution in [0.2, 0.25) is 10.0 Å². The van der Waals surface area contributed by atoms with Gasteiger partial charge in [-0.1, -0.05) is 23.2 Å². The van der Waals surface area contributed by atoms with Gasteiger partial charge in [-0.15, -0.1) is 22.7 Å². The number of carbonyl (C=O) groups excluding carboxylic acids is 1. The summed E-state index contributed by atoms with van der Waals surface area (Å²) in [4.78, 5) is 30.3. The standard InChI is InChI=1S/C11H10ClNO2S.C10H5ClN2OS.C2H5N/c1-2-15-11(14)10-9(13)7-5-6(12)3-4-8(7)16-10;11-5-1-2-7-6(3-5)8-9(15-7)10(14)13-4-12-8;1-2-3/h3-5H,2,13H2,1H3;1-4H,(H,12,13,14);2-3H,1H3. The van der Waals surface area contributed by atoms with Gasteiger partial charge in [-0.2, -0.15) is 0 Å². The molecule has 5 rings (SSSR count). The van der Waals surface area contributed by atoms with Crippen molar-refractivity contribution in [3.63, 3.8) is 0 Å². The number of aromatic amines is 1. The summed E-state index contributed by atoms with van der Waals surface area (Å²) in [5.74, 6) is -0.377. The maximum absolute atomic E-state index is 11.6. The molecule has 4 N–H and O–H groups in total. The third-order valence-corrected chi connectivity index (χ3v) is 7.16. The van der Waals surface area contributed by atoms with Crippen LogP contribution in [0, 0.1) is 5.41 Å². The molecular weight excluding hydrogens is 515 g/mol. The first-order valence-corrected chi connectivity index (χ1v) is 12.3. The number of H-pyrrole nitrogens is 1. The van der Waals surface area contributed by atoms with E-state index >= 15 is 0 Å². The number of nitrogens with zero attached hydrogens (tertiary/aromatic N) is 1. The first-order chi connectivity index (χ1) is 16.3. The van der Waals surface area contributed by atoms with E-state index in [4.69, 9.17) is 39.1 Å². The largest absolute Gasteiger partial charge is 0.462 e. The van der Waals surface area contributed by atoms with Crippen LogP contribution in [0.4, 0.5) is 5.69 Å². The average Bonchev–Trinajstić information content (AvgIpc) is 3.34. The molecule has 0 saturated heterocycles. The molecule has 0 radical (unpaired) electrons. The minimum absolute atomic E-state index is 0.0997. The summed E-state index contributed by atoms with van der Waals surface area (Å²) in [6.45, 7) is 3.77. The molecule has 0 unspecified atom stereocenters. The van der Waals surface area contributed by atoms with Gasteiger partial charge in [0, 0.05) is 30.2 Å². The number of esters is 1. The number of ether oxygens (including phenoxy) is 1. The van der Waals surface area contributed by atoms with Gasteiger partial charge >= 0.3 is 5.97 Å². The number of rotatable bonds is 2. The summed E-state index contributed by atoms with van der Waals surface area (Å²) in [6.07, 6.45) is 2.66. The van der Waals surface area contributed by atoms with Gasteiger partial charge in [-0.3, -0.25) is 4.79 Å². The fraction of sp³-hybridized carbons (Fsp3) is 0.130. The summed E-state index contributed by atoms with van der Waals surface area (Å²) in [6, 6.07) is 10.9. The van der Waals surface area contributed by atoms with E-state index in [9.17, 15) is 9.59 Å². The molecule has 0 spiro atoms. The highest BCUT2D eigenvalue weighted by Crippen LogP contribution is 2.35. The maximum atomic E-state index is 11.6. The molecule has 0 bridgehead atoms. The number of thiophene rings is 2. The second-order valence-corrected chi connectivity index (χ2v) is 9.62. The van der Waals surface area contributed by atoms with Gasteiger partial charge in [0.2, 0.25) is 0 Å². The molecule has 0 saturated carbocycles. The number of nitrogens with two attached hydrogens (primary N) is 1. The van der Waals surface area contributed by atoms with Crippen molar-refractivity contribution in [1.82, 2.24) is 9.97 Å². The Labute approximate surface area is 212 Å². The van der Waals surface area contributed by atoms with Crippen LogP contribution >= 0.6 is 45.9 Å². The van der Waals surface area contributed by atoms with Gasteiger partial charge in [0.1, 0.15) is 9.58 Å². The molecule has 0 atom stereocenters. The topological polar surface area (TPSA) is 122 Å². The molecule has 2 aromatic carbocycles. The number of carbonyl (C=O) groups is 1. The number of nitrogen functional groups attached to an aromatic ring is 1. The zero-order valence-electron chi connectivity index (χ0n) is 18.1. The molecule has 5 aromatic rings. The lowest BCUT2D eigenvalue weighted by atomic mass is 10.2. The van der Waals surface area contributed by atoms with Gasteiger partial charge in [-0.05, 0) is 56.5 Å². The number of anilines is 1. The molecule has 176 valence electrons. The highest BCUT2D eigenvalue weighted by molar-refractivity contribution is 7.25. The van der Waals surface area contributed by atoms with Crippen LogP contribution < -0.4 is 11.3 Å². The number of nitrogens with one attached hydrogen (secondary N) is 2. The van der Waals surface area contributed by atoms with Crippen LogP contribution in [-0.2, 0) is 4.74 Å².